The van der Waals surface area contributed by atoms with Crippen LogP contribution < -0.4 is 16.4 Å². The van der Waals surface area contributed by atoms with Crippen molar-refractivity contribution in [1.82, 2.24) is 15.6 Å². The molecule has 2 aromatic carbocycles. The maximum atomic E-state index is 12.9. The van der Waals surface area contributed by atoms with E-state index in [4.69, 9.17) is 10.5 Å². The van der Waals surface area contributed by atoms with Crippen molar-refractivity contribution >= 4 is 28.8 Å². The molecule has 8 nitrogen and oxygen atoms in total. The molecule has 0 unspecified atom stereocenters. The summed E-state index contributed by atoms with van der Waals surface area (Å²) >= 11 is 0. The van der Waals surface area contributed by atoms with E-state index in [0.717, 1.165) is 22.0 Å². The zero-order chi connectivity index (χ0) is 23.1. The molecule has 2 atom stereocenters. The van der Waals surface area contributed by atoms with Crippen molar-refractivity contribution in [3.63, 3.8) is 0 Å². The number of benzene rings is 2. The fourth-order valence-electron chi connectivity index (χ4n) is 3.43. The van der Waals surface area contributed by atoms with Crippen LogP contribution in [-0.4, -0.2) is 35.0 Å². The van der Waals surface area contributed by atoms with E-state index in [-0.39, 0.29) is 18.9 Å². The topological polar surface area (TPSA) is 126 Å². The number of hydrogen-bond acceptors (Lipinski definition) is 4. The Hall–Kier alpha value is -3.81. The minimum absolute atomic E-state index is 0.0869. The van der Waals surface area contributed by atoms with E-state index in [2.05, 4.69) is 15.6 Å². The number of aromatic nitrogens is 1. The predicted molar refractivity (Wildman–Crippen MR) is 122 cm³/mol. The lowest BCUT2D eigenvalue weighted by Crippen LogP contribution is -2.55. The first kappa shape index (κ1) is 22.9. The average Bonchev–Trinajstić information content (AvgIpc) is 3.19. The highest BCUT2D eigenvalue weighted by molar-refractivity contribution is 5.92. The third kappa shape index (κ3) is 5.87. The van der Waals surface area contributed by atoms with Gasteiger partial charge in [0.05, 0.1) is 0 Å². The number of primary amides is 1. The van der Waals surface area contributed by atoms with Crippen LogP contribution in [0.2, 0.25) is 0 Å². The maximum Gasteiger partial charge on any atom is 0.408 e. The van der Waals surface area contributed by atoms with Gasteiger partial charge in [0.25, 0.3) is 0 Å². The minimum Gasteiger partial charge on any atom is -0.445 e. The van der Waals surface area contributed by atoms with Gasteiger partial charge in [-0.05, 0) is 23.1 Å². The number of hydrogen-bond donors (Lipinski definition) is 4. The summed E-state index contributed by atoms with van der Waals surface area (Å²) in [6.45, 7) is 3.67. The molecule has 8 heteroatoms. The van der Waals surface area contributed by atoms with Gasteiger partial charge in [-0.15, -0.1) is 0 Å². The molecule has 3 aromatic rings. The lowest BCUT2D eigenvalue weighted by Gasteiger charge is -2.24. The molecule has 0 radical (unpaired) electrons. The normalized spacial score (nSPS) is 12.8. The summed E-state index contributed by atoms with van der Waals surface area (Å²) in [6.07, 6.45) is 1.32. The van der Waals surface area contributed by atoms with E-state index in [1.54, 1.807) is 20.0 Å². The van der Waals surface area contributed by atoms with Crippen LogP contribution in [0, 0.1) is 5.92 Å². The largest absolute Gasteiger partial charge is 0.445 e. The number of nitrogens with two attached hydrogens (primary N) is 1. The Morgan fingerprint density at radius 3 is 2.38 bits per heavy atom. The number of carbonyl (C=O) groups is 3. The highest BCUT2D eigenvalue weighted by Crippen LogP contribution is 2.19. The van der Waals surface area contributed by atoms with Gasteiger partial charge in [0.2, 0.25) is 11.8 Å². The van der Waals surface area contributed by atoms with Crippen molar-refractivity contribution < 1.29 is 19.1 Å². The number of para-hydroxylation sites is 1. The molecular weight excluding hydrogens is 408 g/mol. The first-order valence-corrected chi connectivity index (χ1v) is 10.5. The van der Waals surface area contributed by atoms with Crippen molar-refractivity contribution in [2.75, 3.05) is 0 Å². The summed E-state index contributed by atoms with van der Waals surface area (Å²) in [4.78, 5) is 40.4. The molecule has 0 fully saturated rings. The van der Waals surface area contributed by atoms with Gasteiger partial charge in [-0.2, -0.15) is 0 Å². The van der Waals surface area contributed by atoms with Gasteiger partial charge < -0.3 is 26.1 Å². The molecule has 0 spiro atoms. The Balaban J connectivity index is 1.63. The van der Waals surface area contributed by atoms with E-state index in [1.165, 1.54) is 0 Å². The molecular formula is C24H28N4O4. The first-order valence-electron chi connectivity index (χ1n) is 10.5. The number of alkyl carbamates (subject to hydrolysis) is 1. The van der Waals surface area contributed by atoms with Gasteiger partial charge in [0, 0.05) is 23.5 Å². The van der Waals surface area contributed by atoms with Gasteiger partial charge >= 0.3 is 6.09 Å². The summed E-state index contributed by atoms with van der Waals surface area (Å²) in [5.74, 6) is -1.39. The lowest BCUT2D eigenvalue weighted by molar-refractivity contribution is -0.129. The smallest absolute Gasteiger partial charge is 0.408 e. The second kappa shape index (κ2) is 10.5. The Labute approximate surface area is 186 Å². The number of carbonyl (C=O) groups excluding carboxylic acids is 3. The van der Waals surface area contributed by atoms with Crippen LogP contribution in [0.5, 0.6) is 0 Å². The molecule has 0 aliphatic carbocycles. The van der Waals surface area contributed by atoms with E-state index in [9.17, 15) is 14.4 Å². The van der Waals surface area contributed by atoms with Crippen LogP contribution in [0.1, 0.15) is 25.0 Å². The number of fused-ring (bicyclic) bond motifs is 1. The molecule has 0 saturated carbocycles. The lowest BCUT2D eigenvalue weighted by atomic mass is 10.0. The number of amides is 3. The Kier molecular flexibility index (Phi) is 7.49. The van der Waals surface area contributed by atoms with Gasteiger partial charge in [-0.1, -0.05) is 62.4 Å². The number of H-pyrrole nitrogens is 1. The molecule has 3 amide bonds. The highest BCUT2D eigenvalue weighted by atomic mass is 16.5. The number of nitrogens with one attached hydrogen (secondary N) is 3. The van der Waals surface area contributed by atoms with Gasteiger partial charge in [-0.25, -0.2) is 4.79 Å². The third-order valence-corrected chi connectivity index (χ3v) is 5.19. The summed E-state index contributed by atoms with van der Waals surface area (Å²) in [6, 6.07) is 15.1. The minimum atomic E-state index is -0.926. The molecule has 3 rings (SSSR count). The summed E-state index contributed by atoms with van der Waals surface area (Å²) in [7, 11) is 0. The molecule has 0 aliphatic heterocycles. The van der Waals surface area contributed by atoms with Crippen LogP contribution in [0.25, 0.3) is 10.9 Å². The zero-order valence-electron chi connectivity index (χ0n) is 18.1. The molecule has 0 saturated heterocycles. The Bertz CT molecular complexity index is 1080. The third-order valence-electron chi connectivity index (χ3n) is 5.19. The second-order valence-corrected chi connectivity index (χ2v) is 7.95. The van der Waals surface area contributed by atoms with Crippen molar-refractivity contribution in [2.45, 2.75) is 39.0 Å². The van der Waals surface area contributed by atoms with E-state index < -0.39 is 30.0 Å². The van der Waals surface area contributed by atoms with Gasteiger partial charge in [0.1, 0.15) is 18.7 Å². The fraction of sp³-hybridized carbons (Fsp3) is 0.292. The Morgan fingerprint density at radius 2 is 1.69 bits per heavy atom. The predicted octanol–water partition coefficient (Wildman–Crippen LogP) is 2.63. The van der Waals surface area contributed by atoms with Gasteiger partial charge in [0.15, 0.2) is 0 Å². The molecule has 1 heterocycles. The zero-order valence-corrected chi connectivity index (χ0v) is 18.1. The second-order valence-electron chi connectivity index (χ2n) is 7.95. The van der Waals surface area contributed by atoms with Crippen LogP contribution >= 0.6 is 0 Å². The molecule has 1 aromatic heterocycles. The number of ether oxygens (including phenoxy) is 1. The van der Waals surface area contributed by atoms with Gasteiger partial charge in [-0.3, -0.25) is 9.59 Å². The van der Waals surface area contributed by atoms with Crippen molar-refractivity contribution in [2.24, 2.45) is 11.7 Å². The average molecular weight is 437 g/mol. The maximum absolute atomic E-state index is 12.9. The molecule has 5 N–H and O–H groups in total. The molecule has 32 heavy (non-hydrogen) atoms. The quantitative estimate of drug-likeness (QED) is 0.411. The Morgan fingerprint density at radius 1 is 1.00 bits per heavy atom. The monoisotopic (exact) mass is 436 g/mol. The molecule has 0 aliphatic rings. The van der Waals surface area contributed by atoms with Crippen LogP contribution in [0.4, 0.5) is 4.79 Å². The van der Waals surface area contributed by atoms with Crippen molar-refractivity contribution in [3.8, 4) is 0 Å². The summed E-state index contributed by atoms with van der Waals surface area (Å²) < 4.78 is 5.22. The van der Waals surface area contributed by atoms with E-state index in [1.807, 2.05) is 54.6 Å². The van der Waals surface area contributed by atoms with Crippen LogP contribution in [0.15, 0.2) is 60.8 Å². The van der Waals surface area contributed by atoms with Crippen LogP contribution in [0.3, 0.4) is 0 Å². The molecule has 168 valence electrons. The van der Waals surface area contributed by atoms with Crippen LogP contribution in [-0.2, 0) is 27.4 Å². The van der Waals surface area contributed by atoms with Crippen molar-refractivity contribution in [1.29, 1.82) is 0 Å². The molecule has 0 bridgehead atoms. The van der Waals surface area contributed by atoms with Crippen molar-refractivity contribution in [3.05, 3.63) is 71.9 Å². The highest BCUT2D eigenvalue weighted by Gasteiger charge is 2.29. The number of rotatable bonds is 9. The summed E-state index contributed by atoms with van der Waals surface area (Å²) in [5.41, 5.74) is 8.19. The summed E-state index contributed by atoms with van der Waals surface area (Å²) in [5, 5.41) is 6.22. The van der Waals surface area contributed by atoms with E-state index in [0.29, 0.717) is 0 Å². The van der Waals surface area contributed by atoms with E-state index >= 15 is 0 Å². The first-order chi connectivity index (χ1) is 15.3. The SMILES string of the molecule is CC(C)[C@@H](NC(=O)OCc1ccccc1)C(=O)N[C@H](Cc1c[nH]c2ccccc12)C(N)=O. The standard InChI is InChI=1S/C24H28N4O4/c1-15(2)21(28-24(31)32-14-16-8-4-3-5-9-16)23(30)27-20(22(25)29)12-17-13-26-19-11-7-6-10-18(17)19/h3-11,13,15,20-21,26H,12,14H2,1-2H3,(H2,25,29)(H,27,30)(H,28,31)/t20-,21-/m1/s1. The number of aromatic amines is 1. The fourth-order valence-corrected chi connectivity index (χ4v) is 3.43.